The Bertz CT molecular complexity index is 656. The van der Waals surface area contributed by atoms with E-state index in [1.54, 1.807) is 11.3 Å². The zero-order valence-electron chi connectivity index (χ0n) is 11.5. The summed E-state index contributed by atoms with van der Waals surface area (Å²) in [6, 6.07) is 12.7. The van der Waals surface area contributed by atoms with Gasteiger partial charge in [-0.2, -0.15) is 0 Å². The maximum atomic E-state index is 5.98. The molecule has 0 aliphatic heterocycles. The summed E-state index contributed by atoms with van der Waals surface area (Å²) in [6.07, 6.45) is 1.09. The van der Waals surface area contributed by atoms with Gasteiger partial charge in [0.15, 0.2) is 5.96 Å². The third kappa shape index (κ3) is 4.43. The Morgan fingerprint density at radius 2 is 2.19 bits per heavy atom. The molecule has 1 aliphatic rings. The van der Waals surface area contributed by atoms with E-state index in [4.69, 9.17) is 5.73 Å². The molecule has 1 aromatic carbocycles. The van der Waals surface area contributed by atoms with Crippen LogP contribution in [0.2, 0.25) is 0 Å². The van der Waals surface area contributed by atoms with Crippen molar-refractivity contribution in [2.24, 2.45) is 10.7 Å². The van der Waals surface area contributed by atoms with Crippen molar-refractivity contribution in [2.45, 2.75) is 25.3 Å². The van der Waals surface area contributed by atoms with Crippen LogP contribution >= 0.6 is 51.2 Å². The molecule has 1 saturated carbocycles. The largest absolute Gasteiger partial charge is 0.370 e. The van der Waals surface area contributed by atoms with E-state index in [2.05, 4.69) is 57.4 Å². The van der Waals surface area contributed by atoms with Crippen molar-refractivity contribution in [2.75, 3.05) is 5.32 Å². The van der Waals surface area contributed by atoms with Gasteiger partial charge in [-0.1, -0.05) is 12.1 Å². The highest BCUT2D eigenvalue weighted by Gasteiger charge is 2.39. The Labute approximate surface area is 154 Å². The number of benzene rings is 1. The van der Waals surface area contributed by atoms with Crippen LogP contribution in [0.1, 0.15) is 22.8 Å². The highest BCUT2D eigenvalue weighted by Crippen LogP contribution is 2.46. The van der Waals surface area contributed by atoms with Crippen LogP contribution in [0.15, 0.2) is 45.2 Å². The molecule has 0 unspecified atom stereocenters. The van der Waals surface area contributed by atoms with Crippen molar-refractivity contribution in [3.63, 3.8) is 0 Å². The maximum absolute atomic E-state index is 5.98. The number of anilines is 1. The Hall–Kier alpha value is -0.600. The van der Waals surface area contributed by atoms with Gasteiger partial charge in [0, 0.05) is 16.5 Å². The fourth-order valence-corrected chi connectivity index (χ4v) is 3.83. The van der Waals surface area contributed by atoms with Crippen molar-refractivity contribution in [1.29, 1.82) is 0 Å². The first-order valence-corrected chi connectivity index (χ1v) is 8.15. The van der Waals surface area contributed by atoms with E-state index in [0.29, 0.717) is 17.9 Å². The Morgan fingerprint density at radius 3 is 2.86 bits per heavy atom. The Kier molecular flexibility index (Phi) is 5.67. The molecule has 3 N–H and O–H groups in total. The van der Waals surface area contributed by atoms with E-state index in [9.17, 15) is 0 Å². The number of thiophene rings is 1. The minimum atomic E-state index is 0. The Balaban J connectivity index is 0.00000161. The second-order valence-corrected chi connectivity index (χ2v) is 7.55. The molecule has 0 bridgehead atoms. The minimum absolute atomic E-state index is 0. The number of nitrogens with zero attached hydrogens (tertiary/aromatic N) is 1. The average Bonchev–Trinajstić information content (AvgIpc) is 3.00. The smallest absolute Gasteiger partial charge is 0.193 e. The van der Waals surface area contributed by atoms with Gasteiger partial charge in [0.2, 0.25) is 0 Å². The second kappa shape index (κ2) is 7.11. The zero-order valence-corrected chi connectivity index (χ0v) is 16.3. The summed E-state index contributed by atoms with van der Waals surface area (Å²) in [4.78, 5) is 5.94. The summed E-state index contributed by atoms with van der Waals surface area (Å²) in [5, 5.41) is 3.15. The lowest BCUT2D eigenvalue weighted by molar-refractivity contribution is 1.000. The molecule has 0 radical (unpaired) electrons. The van der Waals surface area contributed by atoms with Gasteiger partial charge in [-0.15, -0.1) is 35.3 Å². The molecule has 1 fully saturated rings. The van der Waals surface area contributed by atoms with Gasteiger partial charge in [-0.05, 0) is 59.1 Å². The quantitative estimate of drug-likeness (QED) is 0.381. The molecular formula is C15H17BrIN3S. The topological polar surface area (TPSA) is 50.4 Å². The van der Waals surface area contributed by atoms with Crippen molar-refractivity contribution >= 4 is 62.9 Å². The van der Waals surface area contributed by atoms with Crippen molar-refractivity contribution < 1.29 is 0 Å². The SMILES string of the molecule is Cc1cccc(NC(N)=N[C@@H]2C[C@H]2c2ccc(Br)s2)c1.I. The molecular weight excluding hydrogens is 461 g/mol. The third-order valence-electron chi connectivity index (χ3n) is 3.31. The van der Waals surface area contributed by atoms with Crippen molar-refractivity contribution in [3.05, 3.63) is 50.6 Å². The fourth-order valence-electron chi connectivity index (χ4n) is 2.24. The first-order valence-electron chi connectivity index (χ1n) is 6.54. The molecule has 1 aromatic heterocycles. The number of hydrogen-bond donors (Lipinski definition) is 2. The number of aliphatic imine (C=N–C) groups is 1. The van der Waals surface area contributed by atoms with Crippen LogP contribution in [0.5, 0.6) is 0 Å². The number of nitrogens with two attached hydrogens (primary N) is 1. The summed E-state index contributed by atoms with van der Waals surface area (Å²) in [5.74, 6) is 1.03. The molecule has 3 rings (SSSR count). The van der Waals surface area contributed by atoms with Gasteiger partial charge in [0.1, 0.15) is 0 Å². The van der Waals surface area contributed by atoms with Gasteiger partial charge in [-0.3, -0.25) is 0 Å². The molecule has 112 valence electrons. The second-order valence-electron chi connectivity index (χ2n) is 5.06. The van der Waals surface area contributed by atoms with Gasteiger partial charge in [0.25, 0.3) is 0 Å². The van der Waals surface area contributed by atoms with E-state index in [1.165, 1.54) is 14.2 Å². The van der Waals surface area contributed by atoms with E-state index in [0.717, 1.165) is 12.1 Å². The lowest BCUT2D eigenvalue weighted by Gasteiger charge is -2.06. The number of guanidine groups is 1. The fraction of sp³-hybridized carbons (Fsp3) is 0.267. The predicted molar refractivity (Wildman–Crippen MR) is 105 cm³/mol. The number of halogens is 2. The summed E-state index contributed by atoms with van der Waals surface area (Å²) < 4.78 is 1.17. The van der Waals surface area contributed by atoms with Crippen LogP contribution in [0.4, 0.5) is 5.69 Å². The van der Waals surface area contributed by atoms with E-state index < -0.39 is 0 Å². The normalized spacial score (nSPS) is 20.8. The molecule has 2 atom stereocenters. The number of aryl methyl sites for hydroxylation is 1. The molecule has 0 amide bonds. The zero-order chi connectivity index (χ0) is 14.1. The summed E-state index contributed by atoms with van der Waals surface area (Å²) in [6.45, 7) is 2.06. The van der Waals surface area contributed by atoms with Crippen molar-refractivity contribution in [3.8, 4) is 0 Å². The maximum Gasteiger partial charge on any atom is 0.193 e. The van der Waals surface area contributed by atoms with Crippen LogP contribution in [0.3, 0.4) is 0 Å². The minimum Gasteiger partial charge on any atom is -0.370 e. The highest BCUT2D eigenvalue weighted by molar-refractivity contribution is 14.0. The lowest BCUT2D eigenvalue weighted by atomic mass is 10.2. The summed E-state index contributed by atoms with van der Waals surface area (Å²) in [5.41, 5.74) is 8.17. The number of rotatable bonds is 3. The standard InChI is InChI=1S/C15H16BrN3S.HI/c1-9-3-2-4-10(7-9)18-15(17)19-12-8-11(12)13-5-6-14(16)20-13;/h2-7,11-12H,8H2,1H3,(H3,17,18,19);1H/t11-,12-;/m1./s1. The molecule has 2 aromatic rings. The summed E-state index contributed by atoms with van der Waals surface area (Å²) in [7, 11) is 0. The molecule has 1 aliphatic carbocycles. The molecule has 6 heteroatoms. The van der Waals surface area contributed by atoms with Crippen LogP contribution < -0.4 is 11.1 Å². The van der Waals surface area contributed by atoms with E-state index >= 15 is 0 Å². The van der Waals surface area contributed by atoms with Crippen LogP contribution in [-0.2, 0) is 0 Å². The van der Waals surface area contributed by atoms with Crippen LogP contribution in [-0.4, -0.2) is 12.0 Å². The third-order valence-corrected chi connectivity index (χ3v) is 5.07. The van der Waals surface area contributed by atoms with E-state index in [1.807, 2.05) is 12.1 Å². The average molecular weight is 478 g/mol. The number of nitrogens with one attached hydrogen (secondary N) is 1. The summed E-state index contributed by atoms with van der Waals surface area (Å²) >= 11 is 5.28. The molecule has 1 heterocycles. The number of hydrogen-bond acceptors (Lipinski definition) is 2. The lowest BCUT2D eigenvalue weighted by Crippen LogP contribution is -2.23. The first kappa shape index (κ1) is 16.8. The molecule has 0 spiro atoms. The van der Waals surface area contributed by atoms with Crippen molar-refractivity contribution in [1.82, 2.24) is 0 Å². The van der Waals surface area contributed by atoms with Crippen LogP contribution in [0, 0.1) is 6.92 Å². The monoisotopic (exact) mass is 477 g/mol. The highest BCUT2D eigenvalue weighted by atomic mass is 127. The van der Waals surface area contributed by atoms with Crippen LogP contribution in [0.25, 0.3) is 0 Å². The van der Waals surface area contributed by atoms with Gasteiger partial charge in [-0.25, -0.2) is 4.99 Å². The molecule has 3 nitrogen and oxygen atoms in total. The Morgan fingerprint density at radius 1 is 1.38 bits per heavy atom. The van der Waals surface area contributed by atoms with Gasteiger partial charge < -0.3 is 11.1 Å². The molecule has 21 heavy (non-hydrogen) atoms. The van der Waals surface area contributed by atoms with E-state index in [-0.39, 0.29) is 24.0 Å². The van der Waals surface area contributed by atoms with Gasteiger partial charge in [0.05, 0.1) is 9.83 Å². The van der Waals surface area contributed by atoms with Gasteiger partial charge >= 0.3 is 0 Å². The predicted octanol–water partition coefficient (Wildman–Crippen LogP) is 4.72. The molecule has 0 saturated heterocycles. The first-order chi connectivity index (χ1) is 9.61.